The van der Waals surface area contributed by atoms with Crippen molar-refractivity contribution in [3.63, 3.8) is 0 Å². The molecule has 10 nitrogen and oxygen atoms in total. The first-order valence-corrected chi connectivity index (χ1v) is 24.7. The van der Waals surface area contributed by atoms with Gasteiger partial charge in [-0.15, -0.1) is 0 Å². The molecular formula is C64H42N10. The molecule has 0 atom stereocenters. The Kier molecular flexibility index (Phi) is 10.4. The second-order valence-electron chi connectivity index (χ2n) is 18.3. The molecule has 0 saturated carbocycles. The van der Waals surface area contributed by atoms with Crippen LogP contribution in [0, 0.1) is 0 Å². The Morgan fingerprint density at radius 3 is 1.38 bits per heavy atom. The summed E-state index contributed by atoms with van der Waals surface area (Å²) in [7, 11) is 0. The Hall–Kier alpha value is -10.1. The van der Waals surface area contributed by atoms with Gasteiger partial charge < -0.3 is 9.13 Å². The molecule has 1 aliphatic carbocycles. The van der Waals surface area contributed by atoms with Gasteiger partial charge in [-0.2, -0.15) is 0 Å². The highest BCUT2D eigenvalue weighted by Gasteiger charge is 2.22. The first-order chi connectivity index (χ1) is 36.7. The van der Waals surface area contributed by atoms with Gasteiger partial charge in [0.25, 0.3) is 0 Å². The number of benzene rings is 7. The van der Waals surface area contributed by atoms with E-state index in [4.69, 9.17) is 29.9 Å². The van der Waals surface area contributed by atoms with Crippen LogP contribution in [0.1, 0.15) is 17.7 Å². The van der Waals surface area contributed by atoms with Gasteiger partial charge in [0.1, 0.15) is 11.4 Å². The molecule has 0 N–H and O–H groups in total. The molecule has 0 radical (unpaired) electrons. The maximum Gasteiger partial charge on any atom is 0.182 e. The lowest BCUT2D eigenvalue weighted by atomic mass is 9.98. The van der Waals surface area contributed by atoms with Crippen LogP contribution >= 0.6 is 0 Å². The Bertz CT molecular complexity index is 4180. The third-order valence-electron chi connectivity index (χ3n) is 13.8. The van der Waals surface area contributed by atoms with Crippen molar-refractivity contribution in [2.75, 3.05) is 0 Å². The Morgan fingerprint density at radius 1 is 0.324 bits per heavy atom. The summed E-state index contributed by atoms with van der Waals surface area (Å²) in [5.41, 5.74) is 15.2. The van der Waals surface area contributed by atoms with Crippen LogP contribution in [0.15, 0.2) is 225 Å². The van der Waals surface area contributed by atoms with Gasteiger partial charge in [-0.3, -0.25) is 9.97 Å². The number of hydrogen-bond donors (Lipinski definition) is 0. The highest BCUT2D eigenvalue weighted by molar-refractivity contribution is 6.11. The number of rotatable bonds is 9. The Morgan fingerprint density at radius 2 is 0.797 bits per heavy atom. The number of fused-ring (bicyclic) bond motifs is 6. The van der Waals surface area contributed by atoms with Gasteiger partial charge in [0, 0.05) is 73.4 Å². The van der Waals surface area contributed by atoms with Gasteiger partial charge >= 0.3 is 0 Å². The average molecular weight is 951 g/mol. The average Bonchev–Trinajstić information content (AvgIpc) is 4.00. The lowest BCUT2D eigenvalue weighted by Crippen LogP contribution is -2.04. The SMILES string of the molecule is C1=Cc2c(n(-c3cccc(-c4nc(-c5ccccc5)nc(-c5ccccn5)n4)c3)c3ccc(-c4ccc5c(c4)c4ccccc4n5-c4cccc(-c5nc(-c6ccccc6)nc(-c6ccccn6)n5)c4)cc23)CC1. The Labute approximate surface area is 425 Å². The quantitative estimate of drug-likeness (QED) is 0.141. The van der Waals surface area contributed by atoms with Crippen LogP contribution < -0.4 is 0 Å². The van der Waals surface area contributed by atoms with E-state index in [2.05, 4.69) is 140 Å². The predicted molar refractivity (Wildman–Crippen MR) is 295 cm³/mol. The van der Waals surface area contributed by atoms with Crippen LogP contribution in [0.2, 0.25) is 0 Å². The number of nitrogens with zero attached hydrogens (tertiary/aromatic N) is 10. The molecule has 6 aromatic heterocycles. The van der Waals surface area contributed by atoms with E-state index < -0.39 is 0 Å². The van der Waals surface area contributed by atoms with Crippen LogP contribution in [0.5, 0.6) is 0 Å². The Balaban J connectivity index is 0.852. The topological polar surface area (TPSA) is 113 Å². The summed E-state index contributed by atoms with van der Waals surface area (Å²) >= 11 is 0. The summed E-state index contributed by atoms with van der Waals surface area (Å²) in [6.45, 7) is 0. The minimum Gasteiger partial charge on any atom is -0.313 e. The van der Waals surface area contributed by atoms with Crippen molar-refractivity contribution in [2.24, 2.45) is 0 Å². The molecule has 10 heteroatoms. The van der Waals surface area contributed by atoms with E-state index in [1.54, 1.807) is 12.4 Å². The standard InChI is InChI=1S/C64H42N10/c1-3-17-41(18-4-1)59-67-61(71-63(69-59)53-27-11-13-35-65-53)45-21-15-23-47(37-45)73-55-29-9-7-25-49(55)51-39-43(31-33-57(51)73)44-32-34-58-52(40-44)50-26-8-10-30-56(50)74(58)48-24-16-22-46(38-48)62-68-60(42-19-5-2-6-20-42)70-64(72-62)54-28-12-14-36-66-54/h1-9,11-29,31-40H,10,30H2. The van der Waals surface area contributed by atoms with E-state index in [1.165, 1.54) is 27.4 Å². The molecule has 0 spiro atoms. The third kappa shape index (κ3) is 7.60. The van der Waals surface area contributed by atoms with Gasteiger partial charge in [-0.05, 0) is 103 Å². The molecule has 348 valence electrons. The van der Waals surface area contributed by atoms with E-state index in [1.807, 2.05) is 97.1 Å². The second-order valence-corrected chi connectivity index (χ2v) is 18.3. The molecule has 0 amide bonds. The van der Waals surface area contributed by atoms with Crippen LogP contribution in [0.3, 0.4) is 0 Å². The fourth-order valence-electron chi connectivity index (χ4n) is 10.4. The van der Waals surface area contributed by atoms with Crippen molar-refractivity contribution in [2.45, 2.75) is 12.8 Å². The first-order valence-electron chi connectivity index (χ1n) is 24.7. The maximum atomic E-state index is 5.04. The van der Waals surface area contributed by atoms with Crippen molar-refractivity contribution in [3.05, 3.63) is 236 Å². The number of para-hydroxylation sites is 1. The summed E-state index contributed by atoms with van der Waals surface area (Å²) in [6.07, 6.45) is 10.0. The van der Waals surface area contributed by atoms with Crippen LogP contribution in [0.25, 0.3) is 130 Å². The predicted octanol–water partition coefficient (Wildman–Crippen LogP) is 14.5. The van der Waals surface area contributed by atoms with Gasteiger partial charge in [-0.1, -0.05) is 140 Å². The normalized spacial score (nSPS) is 12.2. The maximum absolute atomic E-state index is 5.04. The van der Waals surface area contributed by atoms with Crippen LogP contribution in [0.4, 0.5) is 0 Å². The van der Waals surface area contributed by atoms with Gasteiger partial charge in [0.05, 0.1) is 16.6 Å². The number of aromatic nitrogens is 10. The molecule has 74 heavy (non-hydrogen) atoms. The fraction of sp³-hybridized carbons (Fsp3) is 0.0312. The molecular weight excluding hydrogens is 909 g/mol. The van der Waals surface area contributed by atoms with E-state index in [-0.39, 0.29) is 0 Å². The highest BCUT2D eigenvalue weighted by atomic mass is 15.1. The molecule has 0 unspecified atom stereocenters. The molecule has 0 aliphatic heterocycles. The highest BCUT2D eigenvalue weighted by Crippen LogP contribution is 2.40. The monoisotopic (exact) mass is 950 g/mol. The largest absolute Gasteiger partial charge is 0.313 e. The molecule has 7 aromatic carbocycles. The summed E-state index contributed by atoms with van der Waals surface area (Å²) in [5, 5.41) is 3.55. The minimum absolute atomic E-state index is 0.523. The van der Waals surface area contributed by atoms with Crippen molar-refractivity contribution in [3.8, 4) is 91.1 Å². The molecule has 13 aromatic rings. The number of pyridine rings is 2. The van der Waals surface area contributed by atoms with Gasteiger partial charge in [0.2, 0.25) is 0 Å². The summed E-state index contributed by atoms with van der Waals surface area (Å²) in [5.74, 6) is 3.42. The summed E-state index contributed by atoms with van der Waals surface area (Å²) < 4.78 is 4.76. The molecule has 1 aliphatic rings. The van der Waals surface area contributed by atoms with Crippen molar-refractivity contribution >= 4 is 38.8 Å². The summed E-state index contributed by atoms with van der Waals surface area (Å²) in [4.78, 5) is 39.0. The van der Waals surface area contributed by atoms with Crippen molar-refractivity contribution in [1.82, 2.24) is 49.0 Å². The lowest BCUT2D eigenvalue weighted by Gasteiger charge is -2.14. The zero-order valence-electron chi connectivity index (χ0n) is 39.8. The number of hydrogen-bond acceptors (Lipinski definition) is 8. The van der Waals surface area contributed by atoms with Crippen LogP contribution in [-0.4, -0.2) is 49.0 Å². The van der Waals surface area contributed by atoms with Crippen molar-refractivity contribution < 1.29 is 0 Å². The second kappa shape index (κ2) is 18.0. The minimum atomic E-state index is 0.523. The van der Waals surface area contributed by atoms with E-state index in [0.29, 0.717) is 46.3 Å². The lowest BCUT2D eigenvalue weighted by molar-refractivity contribution is 0.888. The zero-order valence-corrected chi connectivity index (χ0v) is 39.8. The third-order valence-corrected chi connectivity index (χ3v) is 13.8. The number of allylic oxidation sites excluding steroid dienone is 1. The van der Waals surface area contributed by atoms with Crippen LogP contribution in [-0.2, 0) is 6.42 Å². The fourth-order valence-corrected chi connectivity index (χ4v) is 10.4. The van der Waals surface area contributed by atoms with E-state index in [0.717, 1.165) is 74.1 Å². The van der Waals surface area contributed by atoms with Gasteiger partial charge in [0.15, 0.2) is 34.9 Å². The van der Waals surface area contributed by atoms with Gasteiger partial charge in [-0.25, -0.2) is 29.9 Å². The molecule has 6 heterocycles. The summed E-state index contributed by atoms with van der Waals surface area (Å²) in [6, 6.07) is 71.0. The van der Waals surface area contributed by atoms with E-state index >= 15 is 0 Å². The molecule has 0 bridgehead atoms. The molecule has 0 fully saturated rings. The first kappa shape index (κ1) is 42.8. The van der Waals surface area contributed by atoms with E-state index in [9.17, 15) is 0 Å². The molecule has 0 saturated heterocycles. The van der Waals surface area contributed by atoms with Crippen molar-refractivity contribution in [1.29, 1.82) is 0 Å². The zero-order chi connectivity index (χ0) is 49.0. The smallest absolute Gasteiger partial charge is 0.182 e. The molecule has 14 rings (SSSR count).